The van der Waals surface area contributed by atoms with E-state index >= 15 is 0 Å². The first-order valence-electron chi connectivity index (χ1n) is 6.51. The first kappa shape index (κ1) is 17.1. The van der Waals surface area contributed by atoms with E-state index in [4.69, 9.17) is 27.9 Å². The number of phenols is 1. The summed E-state index contributed by atoms with van der Waals surface area (Å²) in [6.07, 6.45) is 0. The summed E-state index contributed by atoms with van der Waals surface area (Å²) in [6.45, 7) is 0. The summed E-state index contributed by atoms with van der Waals surface area (Å²) >= 11 is 11.8. The number of rotatable bonds is 3. The second-order valence-corrected chi connectivity index (χ2v) is 5.71. The fraction of sp³-hybridized carbons (Fsp3) is 0.125. The largest absolute Gasteiger partial charge is 0.506 e. The maximum atomic E-state index is 12.1. The Morgan fingerprint density at radius 3 is 2.17 bits per heavy atom. The van der Waals surface area contributed by atoms with Gasteiger partial charge in [0.2, 0.25) is 0 Å². The minimum Gasteiger partial charge on any atom is -0.506 e. The van der Waals surface area contributed by atoms with Crippen LogP contribution in [0.5, 0.6) is 11.5 Å². The molecule has 0 bridgehead atoms. The van der Waals surface area contributed by atoms with Gasteiger partial charge in [-0.1, -0.05) is 23.2 Å². The van der Waals surface area contributed by atoms with Crippen molar-refractivity contribution in [3.8, 4) is 11.5 Å². The van der Waals surface area contributed by atoms with Gasteiger partial charge in [-0.3, -0.25) is 4.79 Å². The maximum absolute atomic E-state index is 12.1. The van der Waals surface area contributed by atoms with E-state index in [9.17, 15) is 14.7 Å². The Bertz CT molecular complexity index is 775. The topological polar surface area (TPSA) is 66.8 Å². The van der Waals surface area contributed by atoms with E-state index in [1.165, 1.54) is 41.3 Å². The van der Waals surface area contributed by atoms with Gasteiger partial charge in [0.05, 0.1) is 15.6 Å². The molecule has 7 heteroatoms. The summed E-state index contributed by atoms with van der Waals surface area (Å²) in [5, 5.41) is 9.52. The zero-order chi connectivity index (χ0) is 17.1. The van der Waals surface area contributed by atoms with Crippen molar-refractivity contribution in [2.24, 2.45) is 0 Å². The number of halogens is 2. The van der Waals surface area contributed by atoms with Gasteiger partial charge < -0.3 is 14.7 Å². The van der Waals surface area contributed by atoms with E-state index in [-0.39, 0.29) is 33.0 Å². The van der Waals surface area contributed by atoms with Crippen molar-refractivity contribution < 1.29 is 19.4 Å². The minimum absolute atomic E-state index is 0.0393. The standard InChI is InChI=1S/C16H13Cl2NO4/c1-19(2)15(21)9-4-6-14(12(18)7-9)23-16(22)10-3-5-13(20)11(17)8-10/h3-8,20H,1-2H3. The van der Waals surface area contributed by atoms with Crippen LogP contribution in [0, 0.1) is 0 Å². The molecule has 0 aromatic heterocycles. The zero-order valence-electron chi connectivity index (χ0n) is 12.3. The Balaban J connectivity index is 2.21. The molecule has 0 saturated carbocycles. The normalized spacial score (nSPS) is 10.3. The van der Waals surface area contributed by atoms with Gasteiger partial charge in [-0.25, -0.2) is 4.79 Å². The number of carbonyl (C=O) groups is 2. The average Bonchev–Trinajstić information content (AvgIpc) is 2.51. The van der Waals surface area contributed by atoms with Crippen LogP contribution in [0.25, 0.3) is 0 Å². The van der Waals surface area contributed by atoms with Crippen molar-refractivity contribution in [3.05, 3.63) is 57.6 Å². The number of ether oxygens (including phenoxy) is 1. The molecule has 0 spiro atoms. The van der Waals surface area contributed by atoms with Gasteiger partial charge >= 0.3 is 5.97 Å². The highest BCUT2D eigenvalue weighted by atomic mass is 35.5. The smallest absolute Gasteiger partial charge is 0.343 e. The molecule has 0 aliphatic heterocycles. The quantitative estimate of drug-likeness (QED) is 0.675. The van der Waals surface area contributed by atoms with Crippen LogP contribution in [0.1, 0.15) is 20.7 Å². The molecule has 1 N–H and O–H groups in total. The molecule has 23 heavy (non-hydrogen) atoms. The van der Waals surface area contributed by atoms with E-state index in [0.717, 1.165) is 0 Å². The van der Waals surface area contributed by atoms with Crippen LogP contribution in [0.2, 0.25) is 10.0 Å². The van der Waals surface area contributed by atoms with Gasteiger partial charge in [0.25, 0.3) is 5.91 Å². The van der Waals surface area contributed by atoms with E-state index in [0.29, 0.717) is 5.56 Å². The molecule has 0 heterocycles. The Morgan fingerprint density at radius 2 is 1.61 bits per heavy atom. The lowest BCUT2D eigenvalue weighted by atomic mass is 10.2. The molecule has 0 unspecified atom stereocenters. The van der Waals surface area contributed by atoms with Gasteiger partial charge in [0.1, 0.15) is 11.5 Å². The van der Waals surface area contributed by atoms with E-state index in [2.05, 4.69) is 0 Å². The van der Waals surface area contributed by atoms with Gasteiger partial charge in [0.15, 0.2) is 0 Å². The Hall–Kier alpha value is -2.24. The molecule has 0 atom stereocenters. The number of amides is 1. The average molecular weight is 354 g/mol. The summed E-state index contributed by atoms with van der Waals surface area (Å²) in [5.74, 6) is -0.903. The summed E-state index contributed by atoms with van der Waals surface area (Å²) in [4.78, 5) is 25.3. The first-order valence-corrected chi connectivity index (χ1v) is 7.27. The van der Waals surface area contributed by atoms with Crippen LogP contribution in [0.15, 0.2) is 36.4 Å². The highest BCUT2D eigenvalue weighted by Gasteiger charge is 2.15. The van der Waals surface area contributed by atoms with Gasteiger partial charge in [-0.2, -0.15) is 0 Å². The van der Waals surface area contributed by atoms with E-state index in [1.54, 1.807) is 14.1 Å². The van der Waals surface area contributed by atoms with E-state index < -0.39 is 5.97 Å². The molecular weight excluding hydrogens is 341 g/mol. The number of esters is 1. The van der Waals surface area contributed by atoms with E-state index in [1.807, 2.05) is 0 Å². The maximum Gasteiger partial charge on any atom is 0.343 e. The molecule has 0 saturated heterocycles. The van der Waals surface area contributed by atoms with Crippen molar-refractivity contribution >= 4 is 35.1 Å². The number of aromatic hydroxyl groups is 1. The Morgan fingerprint density at radius 1 is 1.00 bits per heavy atom. The second kappa shape index (κ2) is 6.89. The molecule has 5 nitrogen and oxygen atoms in total. The summed E-state index contributed by atoms with van der Waals surface area (Å²) in [7, 11) is 3.25. The van der Waals surface area contributed by atoms with Gasteiger partial charge in [0, 0.05) is 19.7 Å². The third-order valence-electron chi connectivity index (χ3n) is 2.97. The number of benzene rings is 2. The second-order valence-electron chi connectivity index (χ2n) is 4.90. The third-order valence-corrected chi connectivity index (χ3v) is 3.57. The first-order chi connectivity index (χ1) is 10.8. The van der Waals surface area contributed by atoms with Crippen molar-refractivity contribution in [1.29, 1.82) is 0 Å². The molecular formula is C16H13Cl2NO4. The number of hydrogen-bond donors (Lipinski definition) is 1. The van der Waals surface area contributed by atoms with Crippen molar-refractivity contribution in [1.82, 2.24) is 4.90 Å². The highest BCUT2D eigenvalue weighted by Crippen LogP contribution is 2.28. The summed E-state index contributed by atoms with van der Waals surface area (Å²) in [5.41, 5.74) is 0.546. The van der Waals surface area contributed by atoms with Crippen LogP contribution >= 0.6 is 23.2 Å². The van der Waals surface area contributed by atoms with Crippen LogP contribution < -0.4 is 4.74 Å². The highest BCUT2D eigenvalue weighted by molar-refractivity contribution is 6.33. The fourth-order valence-corrected chi connectivity index (χ4v) is 2.17. The van der Waals surface area contributed by atoms with Crippen LogP contribution in [-0.4, -0.2) is 36.0 Å². The van der Waals surface area contributed by atoms with Crippen molar-refractivity contribution in [2.75, 3.05) is 14.1 Å². The van der Waals surface area contributed by atoms with Gasteiger partial charge in [-0.15, -0.1) is 0 Å². The monoisotopic (exact) mass is 353 g/mol. The summed E-state index contributed by atoms with van der Waals surface area (Å²) in [6, 6.07) is 8.34. The van der Waals surface area contributed by atoms with Crippen molar-refractivity contribution in [3.63, 3.8) is 0 Å². The SMILES string of the molecule is CN(C)C(=O)c1ccc(OC(=O)c2ccc(O)c(Cl)c2)c(Cl)c1. The summed E-state index contributed by atoms with van der Waals surface area (Å²) < 4.78 is 5.19. The molecule has 0 radical (unpaired) electrons. The Labute approximate surface area is 143 Å². The minimum atomic E-state index is -0.680. The fourth-order valence-electron chi connectivity index (χ4n) is 1.77. The van der Waals surface area contributed by atoms with Crippen LogP contribution in [0.4, 0.5) is 0 Å². The molecule has 0 aliphatic rings. The molecule has 2 aromatic carbocycles. The molecule has 2 rings (SSSR count). The molecule has 120 valence electrons. The predicted octanol–water partition coefficient (Wildman–Crippen LogP) is 3.62. The van der Waals surface area contributed by atoms with Crippen molar-refractivity contribution in [2.45, 2.75) is 0 Å². The lowest BCUT2D eigenvalue weighted by Crippen LogP contribution is -2.21. The number of carbonyl (C=O) groups excluding carboxylic acids is 2. The Kier molecular flexibility index (Phi) is 5.13. The molecule has 0 aliphatic carbocycles. The van der Waals surface area contributed by atoms with Gasteiger partial charge in [-0.05, 0) is 36.4 Å². The number of nitrogens with zero attached hydrogens (tertiary/aromatic N) is 1. The molecule has 2 aromatic rings. The molecule has 1 amide bonds. The van der Waals surface area contributed by atoms with Crippen LogP contribution in [-0.2, 0) is 0 Å². The third kappa shape index (κ3) is 3.94. The molecule has 0 fully saturated rings. The number of phenolic OH excluding ortho intramolecular Hbond substituents is 1. The lowest BCUT2D eigenvalue weighted by Gasteiger charge is -2.12. The zero-order valence-corrected chi connectivity index (χ0v) is 13.9. The lowest BCUT2D eigenvalue weighted by molar-refractivity contribution is 0.0734. The predicted molar refractivity (Wildman–Crippen MR) is 87.5 cm³/mol. The number of hydrogen-bond acceptors (Lipinski definition) is 4. The van der Waals surface area contributed by atoms with Crippen LogP contribution in [0.3, 0.4) is 0 Å².